The molecule has 0 aliphatic carbocycles. The zero-order chi connectivity index (χ0) is 25.7. The van der Waals surface area contributed by atoms with Crippen molar-refractivity contribution in [2.75, 3.05) is 49.1 Å². The van der Waals surface area contributed by atoms with Crippen LogP contribution in [0.15, 0.2) is 29.1 Å². The second-order valence-electron chi connectivity index (χ2n) is 8.57. The number of Topliss-reactive ketones (excluding diaryl/α,β-unsaturated/α-hetero) is 1. The number of nitrogens with one attached hydrogen (secondary N) is 1. The maximum absolute atomic E-state index is 15.1. The number of carbonyl (C=O) groups is 3. The summed E-state index contributed by atoms with van der Waals surface area (Å²) >= 11 is 0. The van der Waals surface area contributed by atoms with E-state index in [0.29, 0.717) is 13.0 Å². The first-order valence-electron chi connectivity index (χ1n) is 11.6. The first-order chi connectivity index (χ1) is 17.3. The van der Waals surface area contributed by atoms with Gasteiger partial charge in [-0.3, -0.25) is 14.5 Å². The number of hydrogen-bond donors (Lipinski definition) is 1. The maximum atomic E-state index is 15.1. The number of hydrogen-bond acceptors (Lipinski definition) is 9. The predicted molar refractivity (Wildman–Crippen MR) is 122 cm³/mol. The lowest BCUT2D eigenvalue weighted by atomic mass is 10.1. The molecular weight excluding hydrogens is 480 g/mol. The van der Waals surface area contributed by atoms with E-state index >= 15 is 8.78 Å². The summed E-state index contributed by atoms with van der Waals surface area (Å²) in [5.41, 5.74) is 0.558. The fourth-order valence-electron chi connectivity index (χ4n) is 4.04. The van der Waals surface area contributed by atoms with Gasteiger partial charge < -0.3 is 24.3 Å². The Balaban J connectivity index is 1.35. The normalized spacial score (nSPS) is 18.4. The standard InChI is InChI=1S/C23H27F2N5O6/c1-15(31)2-3-18-13-29(23(33)36-18)17-8-19(24)22(20(25)9-17)28-4-5-30(35-7-6-28)21(32)12-26-10-16-11-27-34-14-16/h8-9,11,14,18,26H,2-7,10,12-13H2,1H3/t18-/m0/s1. The molecule has 2 saturated heterocycles. The topological polar surface area (TPSA) is 117 Å². The van der Waals surface area contributed by atoms with Crippen LogP contribution < -0.4 is 15.1 Å². The van der Waals surface area contributed by atoms with Gasteiger partial charge in [0.2, 0.25) is 0 Å². The third-order valence-corrected chi connectivity index (χ3v) is 5.87. The highest BCUT2D eigenvalue weighted by Crippen LogP contribution is 2.32. The quantitative estimate of drug-likeness (QED) is 0.544. The highest BCUT2D eigenvalue weighted by atomic mass is 19.1. The molecule has 3 heterocycles. The lowest BCUT2D eigenvalue weighted by molar-refractivity contribution is -0.180. The third kappa shape index (κ3) is 6.15. The number of ketones is 1. The van der Waals surface area contributed by atoms with Crippen LogP contribution in [0.1, 0.15) is 25.3 Å². The first kappa shape index (κ1) is 25.5. The molecule has 1 atom stereocenters. The van der Waals surface area contributed by atoms with E-state index in [-0.39, 0.29) is 68.8 Å². The molecular formula is C23H27F2N5O6. The summed E-state index contributed by atoms with van der Waals surface area (Å²) < 4.78 is 40.1. The SMILES string of the molecule is CC(=O)CC[C@H]1CN(c2cc(F)c(N3CCON(C(=O)CNCc4cnoc4)CC3)c(F)c2)C(=O)O1. The highest BCUT2D eigenvalue weighted by Gasteiger charge is 2.34. The van der Waals surface area contributed by atoms with Gasteiger partial charge in [-0.2, -0.15) is 0 Å². The second kappa shape index (κ2) is 11.4. The van der Waals surface area contributed by atoms with E-state index < -0.39 is 23.8 Å². The molecule has 1 aromatic heterocycles. The number of amides is 2. The van der Waals surface area contributed by atoms with Crippen LogP contribution in [0.4, 0.5) is 25.0 Å². The van der Waals surface area contributed by atoms with Gasteiger partial charge in [0.1, 0.15) is 23.8 Å². The van der Waals surface area contributed by atoms with Crippen LogP contribution in [0, 0.1) is 11.6 Å². The zero-order valence-electron chi connectivity index (χ0n) is 19.7. The van der Waals surface area contributed by atoms with E-state index in [1.165, 1.54) is 29.3 Å². The third-order valence-electron chi connectivity index (χ3n) is 5.87. The van der Waals surface area contributed by atoms with Crippen LogP contribution in [0.25, 0.3) is 0 Å². The number of anilines is 2. The van der Waals surface area contributed by atoms with Crippen LogP contribution in [-0.2, 0) is 25.7 Å². The minimum absolute atomic E-state index is 0.00193. The molecule has 4 rings (SSSR count). The van der Waals surface area contributed by atoms with Gasteiger partial charge in [-0.1, -0.05) is 5.16 Å². The van der Waals surface area contributed by atoms with Crippen LogP contribution in [0.5, 0.6) is 0 Å². The van der Waals surface area contributed by atoms with Gasteiger partial charge in [-0.05, 0) is 13.3 Å². The van der Waals surface area contributed by atoms with Gasteiger partial charge >= 0.3 is 6.09 Å². The first-order valence-corrected chi connectivity index (χ1v) is 11.6. The molecule has 2 aliphatic rings. The summed E-state index contributed by atoms with van der Waals surface area (Å²) in [7, 11) is 0. The fourth-order valence-corrected chi connectivity index (χ4v) is 4.04. The fraction of sp³-hybridized carbons (Fsp3) is 0.478. The highest BCUT2D eigenvalue weighted by molar-refractivity contribution is 5.90. The maximum Gasteiger partial charge on any atom is 0.414 e. The number of ether oxygens (including phenoxy) is 1. The van der Waals surface area contributed by atoms with Crippen molar-refractivity contribution in [3.8, 4) is 0 Å². The Morgan fingerprint density at radius 2 is 1.97 bits per heavy atom. The van der Waals surface area contributed by atoms with Gasteiger partial charge in [0.25, 0.3) is 5.91 Å². The number of benzene rings is 1. The molecule has 1 aromatic carbocycles. The van der Waals surface area contributed by atoms with E-state index in [1.807, 2.05) is 0 Å². The number of halogens is 2. The molecule has 194 valence electrons. The van der Waals surface area contributed by atoms with Crippen molar-refractivity contribution < 1.29 is 37.3 Å². The monoisotopic (exact) mass is 507 g/mol. The number of cyclic esters (lactones) is 1. The summed E-state index contributed by atoms with van der Waals surface area (Å²) in [6.07, 6.45) is 2.36. The summed E-state index contributed by atoms with van der Waals surface area (Å²) in [6.45, 7) is 2.39. The van der Waals surface area contributed by atoms with E-state index in [0.717, 1.165) is 22.6 Å². The Morgan fingerprint density at radius 1 is 1.19 bits per heavy atom. The molecule has 11 nitrogen and oxygen atoms in total. The van der Waals surface area contributed by atoms with E-state index in [4.69, 9.17) is 14.1 Å². The Bertz CT molecular complexity index is 1080. The van der Waals surface area contributed by atoms with Gasteiger partial charge in [0.15, 0.2) is 11.6 Å². The predicted octanol–water partition coefficient (Wildman–Crippen LogP) is 2.02. The molecule has 13 heteroatoms. The van der Waals surface area contributed by atoms with Crippen LogP contribution in [-0.4, -0.2) is 73.4 Å². The van der Waals surface area contributed by atoms with Crippen molar-refractivity contribution in [2.45, 2.75) is 32.4 Å². The molecule has 2 fully saturated rings. The molecule has 0 radical (unpaired) electrons. The molecule has 0 saturated carbocycles. The lowest BCUT2D eigenvalue weighted by Crippen LogP contribution is -2.39. The molecule has 0 bridgehead atoms. The summed E-state index contributed by atoms with van der Waals surface area (Å²) in [5.74, 6) is -2.05. The average Bonchev–Trinajstić information content (AvgIpc) is 3.41. The zero-order valence-corrected chi connectivity index (χ0v) is 19.7. The van der Waals surface area contributed by atoms with E-state index in [1.54, 1.807) is 0 Å². The molecule has 2 aliphatic heterocycles. The van der Waals surface area contributed by atoms with Crippen molar-refractivity contribution in [3.05, 3.63) is 41.8 Å². The van der Waals surface area contributed by atoms with Crippen molar-refractivity contribution >= 4 is 29.2 Å². The van der Waals surface area contributed by atoms with Crippen molar-refractivity contribution in [1.29, 1.82) is 0 Å². The molecule has 1 N–H and O–H groups in total. The van der Waals surface area contributed by atoms with Crippen LogP contribution in [0.3, 0.4) is 0 Å². The lowest BCUT2D eigenvalue weighted by Gasteiger charge is -2.24. The summed E-state index contributed by atoms with van der Waals surface area (Å²) in [4.78, 5) is 44.0. The molecule has 36 heavy (non-hydrogen) atoms. The van der Waals surface area contributed by atoms with Crippen LogP contribution >= 0.6 is 0 Å². The molecule has 2 aromatic rings. The Labute approximate surface area is 205 Å². The number of nitrogens with zero attached hydrogens (tertiary/aromatic N) is 4. The molecule has 0 spiro atoms. The Morgan fingerprint density at radius 3 is 2.67 bits per heavy atom. The van der Waals surface area contributed by atoms with Gasteiger partial charge in [0, 0.05) is 43.8 Å². The number of rotatable bonds is 9. The molecule has 0 unspecified atom stereocenters. The smallest absolute Gasteiger partial charge is 0.414 e. The summed E-state index contributed by atoms with van der Waals surface area (Å²) in [5, 5.41) is 7.71. The van der Waals surface area contributed by atoms with E-state index in [9.17, 15) is 14.4 Å². The summed E-state index contributed by atoms with van der Waals surface area (Å²) in [6, 6.07) is 2.16. The van der Waals surface area contributed by atoms with Gasteiger partial charge in [-0.25, -0.2) is 18.6 Å². The van der Waals surface area contributed by atoms with Crippen molar-refractivity contribution in [1.82, 2.24) is 15.5 Å². The van der Waals surface area contributed by atoms with Crippen molar-refractivity contribution in [3.63, 3.8) is 0 Å². The number of carbonyl (C=O) groups excluding carboxylic acids is 3. The van der Waals surface area contributed by atoms with Gasteiger partial charge in [0.05, 0.1) is 38.1 Å². The Kier molecular flexibility index (Phi) is 8.10. The second-order valence-corrected chi connectivity index (χ2v) is 8.57. The van der Waals surface area contributed by atoms with E-state index in [2.05, 4.69) is 10.5 Å². The minimum atomic E-state index is -0.847. The average molecular weight is 507 g/mol. The van der Waals surface area contributed by atoms with Crippen molar-refractivity contribution in [2.24, 2.45) is 0 Å². The number of hydroxylamine groups is 2. The van der Waals surface area contributed by atoms with Gasteiger partial charge in [-0.15, -0.1) is 0 Å². The molecule has 2 amide bonds. The largest absolute Gasteiger partial charge is 0.444 e. The van der Waals surface area contributed by atoms with Crippen LogP contribution in [0.2, 0.25) is 0 Å². The minimum Gasteiger partial charge on any atom is -0.444 e. The number of aromatic nitrogens is 1. The Hall–Kier alpha value is -3.58.